The van der Waals surface area contributed by atoms with Gasteiger partial charge in [0.15, 0.2) is 0 Å². The zero-order chi connectivity index (χ0) is 18.6. The van der Waals surface area contributed by atoms with Crippen molar-refractivity contribution in [2.24, 2.45) is 0 Å². The maximum Gasteiger partial charge on any atom is 0.451 e. The van der Waals surface area contributed by atoms with Crippen molar-refractivity contribution < 1.29 is 18.0 Å². The van der Waals surface area contributed by atoms with Crippen LogP contribution in [-0.4, -0.2) is 42.6 Å². The van der Waals surface area contributed by atoms with Crippen molar-refractivity contribution >= 4 is 11.6 Å². The number of pyridine rings is 1. The molecule has 1 saturated heterocycles. The molecule has 1 unspecified atom stereocenters. The summed E-state index contributed by atoms with van der Waals surface area (Å²) in [5, 5.41) is 2.61. The molecule has 2 aromatic rings. The third kappa shape index (κ3) is 4.41. The molecule has 3 rings (SSSR count). The average molecular weight is 359 g/mol. The molecule has 1 aliphatic heterocycles. The highest BCUT2D eigenvalue weighted by atomic mass is 19.4. The van der Waals surface area contributed by atoms with Crippen LogP contribution in [0.15, 0.2) is 48.7 Å². The molecular weight excluding hydrogens is 343 g/mol. The van der Waals surface area contributed by atoms with Crippen LogP contribution in [0.5, 0.6) is 0 Å². The second-order valence-electron chi connectivity index (χ2n) is 5.84. The van der Waals surface area contributed by atoms with Gasteiger partial charge in [0.25, 0.3) is 5.78 Å². The van der Waals surface area contributed by atoms with Gasteiger partial charge in [0, 0.05) is 37.0 Å². The van der Waals surface area contributed by atoms with E-state index in [2.05, 4.69) is 22.1 Å². The fraction of sp³-hybridized carbons (Fsp3) is 0.263. The number of benzene rings is 1. The number of carbonyl (C=O) groups is 1. The summed E-state index contributed by atoms with van der Waals surface area (Å²) in [6.07, 6.45) is -3.26. The van der Waals surface area contributed by atoms with Crippen molar-refractivity contribution in [1.82, 2.24) is 10.3 Å². The smallest absolute Gasteiger partial charge is 0.353 e. The first-order valence-corrected chi connectivity index (χ1v) is 8.06. The van der Waals surface area contributed by atoms with E-state index in [0.717, 1.165) is 5.56 Å². The second-order valence-corrected chi connectivity index (χ2v) is 5.84. The Kier molecular flexibility index (Phi) is 5.24. The number of alkyl halides is 3. The third-order valence-electron chi connectivity index (χ3n) is 3.97. The molecule has 0 aliphatic carbocycles. The number of nitrogens with one attached hydrogen (secondary N) is 1. The van der Waals surface area contributed by atoms with Gasteiger partial charge in [-0.05, 0) is 24.3 Å². The number of hydrogen-bond donors (Lipinski definition) is 1. The monoisotopic (exact) mass is 359 g/mol. The first kappa shape index (κ1) is 18.0. The van der Waals surface area contributed by atoms with E-state index in [0.29, 0.717) is 17.9 Å². The predicted molar refractivity (Wildman–Crippen MR) is 91.7 cm³/mol. The SMILES string of the molecule is O=C(C1CN(c2ccc(C#Cc3ccccc3)cn2)CCN1)C(F)(F)F. The number of carbonyl (C=O) groups excluding carboxylic acids is 1. The van der Waals surface area contributed by atoms with E-state index in [4.69, 9.17) is 0 Å². The van der Waals surface area contributed by atoms with Gasteiger partial charge in [0.1, 0.15) is 5.82 Å². The standard InChI is InChI=1S/C19H16F3N3O/c20-19(21,22)18(26)16-13-25(11-10-23-16)17-9-8-15(12-24-17)7-6-14-4-2-1-3-5-14/h1-5,8-9,12,16,23H,10-11,13H2. The summed E-state index contributed by atoms with van der Waals surface area (Å²) >= 11 is 0. The first-order chi connectivity index (χ1) is 12.4. The van der Waals surface area contributed by atoms with E-state index in [1.807, 2.05) is 30.3 Å². The van der Waals surface area contributed by atoms with Crippen molar-refractivity contribution in [1.29, 1.82) is 0 Å². The van der Waals surface area contributed by atoms with Gasteiger partial charge >= 0.3 is 6.18 Å². The van der Waals surface area contributed by atoms with E-state index in [9.17, 15) is 18.0 Å². The van der Waals surface area contributed by atoms with Gasteiger partial charge in [0.05, 0.1) is 6.04 Å². The fourth-order valence-electron chi connectivity index (χ4n) is 2.64. The van der Waals surface area contributed by atoms with Crippen LogP contribution in [0.1, 0.15) is 11.1 Å². The summed E-state index contributed by atoms with van der Waals surface area (Å²) in [6.45, 7) is 0.688. The van der Waals surface area contributed by atoms with Gasteiger partial charge in [-0.15, -0.1) is 0 Å². The lowest BCUT2D eigenvalue weighted by atomic mass is 10.1. The lowest BCUT2D eigenvalue weighted by Gasteiger charge is -2.33. The molecular formula is C19H16F3N3O. The third-order valence-corrected chi connectivity index (χ3v) is 3.97. The van der Waals surface area contributed by atoms with E-state index in [-0.39, 0.29) is 13.1 Å². The lowest BCUT2D eigenvalue weighted by molar-refractivity contribution is -0.173. The topological polar surface area (TPSA) is 45.2 Å². The predicted octanol–water partition coefficient (Wildman–Crippen LogP) is 2.39. The Bertz CT molecular complexity index is 823. The lowest BCUT2D eigenvalue weighted by Crippen LogP contribution is -2.57. The Balaban J connectivity index is 1.69. The first-order valence-electron chi connectivity index (χ1n) is 8.06. The van der Waals surface area contributed by atoms with E-state index >= 15 is 0 Å². The van der Waals surface area contributed by atoms with Crippen molar-refractivity contribution in [2.75, 3.05) is 24.5 Å². The van der Waals surface area contributed by atoms with Gasteiger partial charge in [-0.3, -0.25) is 4.79 Å². The fourth-order valence-corrected chi connectivity index (χ4v) is 2.64. The van der Waals surface area contributed by atoms with Crippen molar-refractivity contribution in [3.05, 3.63) is 59.8 Å². The second kappa shape index (κ2) is 7.58. The van der Waals surface area contributed by atoms with Crippen LogP contribution in [0, 0.1) is 11.8 Å². The number of ketones is 1. The number of Topliss-reactive ketones (excluding diaryl/α,β-unsaturated/α-hetero) is 1. The molecule has 1 N–H and O–H groups in total. The normalized spacial score (nSPS) is 17.3. The minimum absolute atomic E-state index is 0.0691. The molecule has 134 valence electrons. The molecule has 1 aliphatic rings. The molecule has 1 aromatic carbocycles. The number of nitrogens with zero attached hydrogens (tertiary/aromatic N) is 2. The number of piperazine rings is 1. The number of aromatic nitrogens is 1. The van der Waals surface area contributed by atoms with Crippen LogP contribution in [-0.2, 0) is 4.79 Å². The molecule has 4 nitrogen and oxygen atoms in total. The zero-order valence-corrected chi connectivity index (χ0v) is 13.8. The van der Waals surface area contributed by atoms with Gasteiger partial charge in [-0.25, -0.2) is 4.98 Å². The zero-order valence-electron chi connectivity index (χ0n) is 13.8. The summed E-state index contributed by atoms with van der Waals surface area (Å²) < 4.78 is 37.8. The molecule has 0 amide bonds. The highest BCUT2D eigenvalue weighted by Gasteiger charge is 2.44. The molecule has 7 heteroatoms. The van der Waals surface area contributed by atoms with Gasteiger partial charge in [0.2, 0.25) is 0 Å². The number of anilines is 1. The quantitative estimate of drug-likeness (QED) is 0.837. The van der Waals surface area contributed by atoms with Crippen LogP contribution in [0.2, 0.25) is 0 Å². The summed E-state index contributed by atoms with van der Waals surface area (Å²) in [4.78, 5) is 17.4. The highest BCUT2D eigenvalue weighted by molar-refractivity contribution is 5.89. The number of hydrogen-bond acceptors (Lipinski definition) is 4. The van der Waals surface area contributed by atoms with Crippen LogP contribution in [0.4, 0.5) is 19.0 Å². The van der Waals surface area contributed by atoms with Gasteiger partial charge in [-0.1, -0.05) is 30.0 Å². The van der Waals surface area contributed by atoms with E-state index in [1.165, 1.54) is 0 Å². The summed E-state index contributed by atoms with van der Waals surface area (Å²) in [6, 6.07) is 11.7. The van der Waals surface area contributed by atoms with Crippen molar-refractivity contribution in [2.45, 2.75) is 12.2 Å². The summed E-state index contributed by atoms with van der Waals surface area (Å²) in [7, 11) is 0. The highest BCUT2D eigenvalue weighted by Crippen LogP contribution is 2.21. The molecule has 2 heterocycles. The molecule has 26 heavy (non-hydrogen) atoms. The molecule has 1 aromatic heterocycles. The Hall–Kier alpha value is -2.85. The average Bonchev–Trinajstić information content (AvgIpc) is 2.66. The Morgan fingerprint density at radius 1 is 1.12 bits per heavy atom. The Morgan fingerprint density at radius 3 is 2.50 bits per heavy atom. The molecule has 1 atom stereocenters. The molecule has 0 saturated carbocycles. The van der Waals surface area contributed by atoms with Crippen LogP contribution >= 0.6 is 0 Å². The van der Waals surface area contributed by atoms with Crippen molar-refractivity contribution in [3.63, 3.8) is 0 Å². The molecule has 0 bridgehead atoms. The summed E-state index contributed by atoms with van der Waals surface area (Å²) in [5.41, 5.74) is 1.59. The molecule has 1 fully saturated rings. The minimum Gasteiger partial charge on any atom is -0.353 e. The number of halogens is 3. The van der Waals surface area contributed by atoms with Crippen LogP contribution < -0.4 is 10.2 Å². The maximum absolute atomic E-state index is 12.6. The van der Waals surface area contributed by atoms with Gasteiger partial charge in [-0.2, -0.15) is 13.2 Å². The van der Waals surface area contributed by atoms with Crippen LogP contribution in [0.3, 0.4) is 0 Å². The van der Waals surface area contributed by atoms with E-state index in [1.54, 1.807) is 23.2 Å². The minimum atomic E-state index is -4.84. The largest absolute Gasteiger partial charge is 0.451 e. The van der Waals surface area contributed by atoms with Crippen molar-refractivity contribution in [3.8, 4) is 11.8 Å². The summed E-state index contributed by atoms with van der Waals surface area (Å²) in [5.74, 6) is 4.77. The Morgan fingerprint density at radius 2 is 1.85 bits per heavy atom. The number of rotatable bonds is 2. The van der Waals surface area contributed by atoms with Gasteiger partial charge < -0.3 is 10.2 Å². The van der Waals surface area contributed by atoms with Crippen LogP contribution in [0.25, 0.3) is 0 Å². The Labute approximate surface area is 149 Å². The maximum atomic E-state index is 12.6. The molecule has 0 spiro atoms. The van der Waals surface area contributed by atoms with E-state index < -0.39 is 18.0 Å². The molecule has 0 radical (unpaired) electrons.